The van der Waals surface area contributed by atoms with Crippen LogP contribution in [0, 0.1) is 11.3 Å². The zero-order chi connectivity index (χ0) is 12.2. The van der Waals surface area contributed by atoms with Crippen LogP contribution in [0.1, 0.15) is 24.2 Å². The number of halogens is 3. The number of benzene rings is 1. The maximum atomic E-state index is 12.4. The van der Waals surface area contributed by atoms with E-state index in [1.807, 2.05) is 6.07 Å². The summed E-state index contributed by atoms with van der Waals surface area (Å²) in [6.45, 7) is 1.95. The highest BCUT2D eigenvalue weighted by molar-refractivity contribution is 5.29. The van der Waals surface area contributed by atoms with Crippen LogP contribution in [0.15, 0.2) is 24.3 Å². The fourth-order valence-electron chi connectivity index (χ4n) is 1.25. The summed E-state index contributed by atoms with van der Waals surface area (Å²) in [6, 6.07) is 6.41. The second-order valence-electron chi connectivity index (χ2n) is 3.09. The number of rotatable bonds is 3. The lowest BCUT2D eigenvalue weighted by Crippen LogP contribution is -2.07. The molecule has 16 heavy (non-hydrogen) atoms. The van der Waals surface area contributed by atoms with Gasteiger partial charge in [0.05, 0.1) is 11.6 Å². The Hall–Kier alpha value is -1.54. The van der Waals surface area contributed by atoms with Gasteiger partial charge in [-0.15, -0.1) is 0 Å². The van der Waals surface area contributed by atoms with E-state index in [9.17, 15) is 13.2 Å². The largest absolute Gasteiger partial charge is 0.416 e. The number of hydrogen-bond donors (Lipinski definition) is 0. The van der Waals surface area contributed by atoms with E-state index in [0.29, 0.717) is 0 Å². The molecule has 0 aromatic heterocycles. The summed E-state index contributed by atoms with van der Waals surface area (Å²) in [7, 11) is 0. The average molecular weight is 229 g/mol. The lowest BCUT2D eigenvalue weighted by Gasteiger charge is -2.12. The van der Waals surface area contributed by atoms with E-state index in [2.05, 4.69) is 0 Å². The molecule has 5 heteroatoms. The summed E-state index contributed by atoms with van der Waals surface area (Å²) >= 11 is 0. The van der Waals surface area contributed by atoms with E-state index in [1.165, 1.54) is 12.1 Å². The summed E-state index contributed by atoms with van der Waals surface area (Å²) in [5.74, 6) is 0. The molecule has 0 saturated heterocycles. The van der Waals surface area contributed by atoms with Gasteiger partial charge in [0, 0.05) is 6.61 Å². The fourth-order valence-corrected chi connectivity index (χ4v) is 1.25. The third-order valence-electron chi connectivity index (χ3n) is 1.97. The molecule has 1 atom stereocenters. The van der Waals surface area contributed by atoms with Crippen LogP contribution in [0.4, 0.5) is 13.2 Å². The summed E-state index contributed by atoms with van der Waals surface area (Å²) < 4.78 is 42.2. The number of nitriles is 1. The minimum absolute atomic E-state index is 0.221. The summed E-state index contributed by atoms with van der Waals surface area (Å²) in [6.07, 6.45) is -5.35. The lowest BCUT2D eigenvalue weighted by atomic mass is 10.1. The maximum absolute atomic E-state index is 12.4. The monoisotopic (exact) mass is 229 g/mol. The van der Waals surface area contributed by atoms with Gasteiger partial charge in [0.2, 0.25) is 0 Å². The van der Waals surface area contributed by atoms with Crippen LogP contribution >= 0.6 is 0 Å². The lowest BCUT2D eigenvalue weighted by molar-refractivity contribution is -0.137. The van der Waals surface area contributed by atoms with Crippen LogP contribution in [0.2, 0.25) is 0 Å². The predicted molar refractivity (Wildman–Crippen MR) is 51.4 cm³/mol. The van der Waals surface area contributed by atoms with Crippen molar-refractivity contribution in [3.63, 3.8) is 0 Å². The average Bonchev–Trinajstić information content (AvgIpc) is 2.25. The standard InChI is InChI=1S/C11H10F3NO/c1-2-16-10(7-15)8-4-3-5-9(6-8)11(12,13)14/h3-6,10H,2H2,1H3. The maximum Gasteiger partial charge on any atom is 0.416 e. The van der Waals surface area contributed by atoms with Crippen molar-refractivity contribution in [1.29, 1.82) is 5.26 Å². The molecule has 1 unspecified atom stereocenters. The molecule has 0 spiro atoms. The fraction of sp³-hybridized carbons (Fsp3) is 0.364. The highest BCUT2D eigenvalue weighted by Crippen LogP contribution is 2.31. The van der Waals surface area contributed by atoms with Crippen LogP contribution in [0.3, 0.4) is 0 Å². The molecule has 2 nitrogen and oxygen atoms in total. The first-order valence-corrected chi connectivity index (χ1v) is 4.67. The van der Waals surface area contributed by atoms with Gasteiger partial charge in [-0.2, -0.15) is 18.4 Å². The number of alkyl halides is 3. The van der Waals surface area contributed by atoms with Crippen LogP contribution in [0.5, 0.6) is 0 Å². The van der Waals surface area contributed by atoms with E-state index < -0.39 is 17.8 Å². The van der Waals surface area contributed by atoms with Gasteiger partial charge in [-0.1, -0.05) is 12.1 Å². The molecule has 0 aliphatic heterocycles. The first-order chi connectivity index (χ1) is 7.49. The van der Waals surface area contributed by atoms with Crippen LogP contribution in [-0.2, 0) is 10.9 Å². The third-order valence-corrected chi connectivity index (χ3v) is 1.97. The molecule has 0 N–H and O–H groups in total. The smallest absolute Gasteiger partial charge is 0.359 e. The van der Waals surface area contributed by atoms with Gasteiger partial charge in [-0.05, 0) is 24.6 Å². The first-order valence-electron chi connectivity index (χ1n) is 4.67. The van der Waals surface area contributed by atoms with E-state index in [-0.39, 0.29) is 12.2 Å². The molecule has 0 aliphatic carbocycles. The van der Waals surface area contributed by atoms with Crippen molar-refractivity contribution < 1.29 is 17.9 Å². The molecule has 0 radical (unpaired) electrons. The van der Waals surface area contributed by atoms with Crippen molar-refractivity contribution in [1.82, 2.24) is 0 Å². The van der Waals surface area contributed by atoms with Crippen LogP contribution in [0.25, 0.3) is 0 Å². The van der Waals surface area contributed by atoms with Crippen molar-refractivity contribution in [3.8, 4) is 6.07 Å². The highest BCUT2D eigenvalue weighted by atomic mass is 19.4. The molecule has 1 rings (SSSR count). The van der Waals surface area contributed by atoms with Gasteiger partial charge in [-0.3, -0.25) is 0 Å². The Kier molecular flexibility index (Phi) is 3.91. The van der Waals surface area contributed by atoms with Crippen molar-refractivity contribution in [2.45, 2.75) is 19.2 Å². The summed E-state index contributed by atoms with van der Waals surface area (Å²) in [5.41, 5.74) is -0.552. The Bertz CT molecular complexity index is 395. The van der Waals surface area contributed by atoms with Gasteiger partial charge in [0.1, 0.15) is 0 Å². The van der Waals surface area contributed by atoms with Gasteiger partial charge in [0.15, 0.2) is 6.10 Å². The number of nitrogens with zero attached hydrogens (tertiary/aromatic N) is 1. The van der Waals surface area contributed by atoms with E-state index in [4.69, 9.17) is 10.00 Å². The molecular formula is C11H10F3NO. The molecule has 0 fully saturated rings. The second-order valence-corrected chi connectivity index (χ2v) is 3.09. The van der Waals surface area contributed by atoms with Gasteiger partial charge >= 0.3 is 6.18 Å². The Morgan fingerprint density at radius 2 is 2.12 bits per heavy atom. The molecule has 0 bridgehead atoms. The minimum atomic E-state index is -4.40. The Morgan fingerprint density at radius 3 is 2.62 bits per heavy atom. The van der Waals surface area contributed by atoms with Crippen molar-refractivity contribution in [3.05, 3.63) is 35.4 Å². The Balaban J connectivity index is 3.03. The summed E-state index contributed by atoms with van der Waals surface area (Å²) in [5, 5.41) is 8.75. The molecular weight excluding hydrogens is 219 g/mol. The molecule has 1 aromatic rings. The second kappa shape index (κ2) is 4.99. The van der Waals surface area contributed by atoms with E-state index in [0.717, 1.165) is 12.1 Å². The van der Waals surface area contributed by atoms with Crippen molar-refractivity contribution in [2.24, 2.45) is 0 Å². The van der Waals surface area contributed by atoms with Crippen molar-refractivity contribution >= 4 is 0 Å². The zero-order valence-corrected chi connectivity index (χ0v) is 8.58. The quantitative estimate of drug-likeness (QED) is 0.796. The molecule has 0 amide bonds. The number of hydrogen-bond acceptors (Lipinski definition) is 2. The normalized spacial score (nSPS) is 13.2. The Morgan fingerprint density at radius 1 is 1.44 bits per heavy atom. The molecule has 0 aliphatic rings. The Labute approximate surface area is 91.3 Å². The highest BCUT2D eigenvalue weighted by Gasteiger charge is 2.31. The SMILES string of the molecule is CCOC(C#N)c1cccc(C(F)(F)F)c1. The van der Waals surface area contributed by atoms with Gasteiger partial charge in [0.25, 0.3) is 0 Å². The summed E-state index contributed by atoms with van der Waals surface area (Å²) in [4.78, 5) is 0. The third kappa shape index (κ3) is 2.97. The van der Waals surface area contributed by atoms with E-state index >= 15 is 0 Å². The topological polar surface area (TPSA) is 33.0 Å². The molecule has 0 saturated carbocycles. The molecule has 1 aromatic carbocycles. The van der Waals surface area contributed by atoms with Gasteiger partial charge < -0.3 is 4.74 Å². The number of ether oxygens (including phenoxy) is 1. The van der Waals surface area contributed by atoms with Crippen LogP contribution in [-0.4, -0.2) is 6.61 Å². The molecule has 0 heterocycles. The zero-order valence-electron chi connectivity index (χ0n) is 8.58. The van der Waals surface area contributed by atoms with Gasteiger partial charge in [-0.25, -0.2) is 0 Å². The van der Waals surface area contributed by atoms with Crippen molar-refractivity contribution in [2.75, 3.05) is 6.61 Å². The minimum Gasteiger partial charge on any atom is -0.359 e. The van der Waals surface area contributed by atoms with E-state index in [1.54, 1.807) is 6.92 Å². The predicted octanol–water partition coefficient (Wildman–Crippen LogP) is 3.31. The first kappa shape index (κ1) is 12.5. The molecule has 86 valence electrons. The van der Waals surface area contributed by atoms with Crippen LogP contribution < -0.4 is 0 Å².